The maximum Gasteiger partial charge on any atom is 0.386 e. The highest BCUT2D eigenvalue weighted by atomic mass is 32.2. The van der Waals surface area contributed by atoms with E-state index in [0.29, 0.717) is 29.2 Å². The minimum atomic E-state index is -4.13. The number of carbonyl (C=O) groups excluding carboxylic acids is 1. The van der Waals surface area contributed by atoms with Crippen molar-refractivity contribution in [3.8, 4) is 17.2 Å². The largest absolute Gasteiger partial charge is 0.496 e. The molecule has 0 N–H and O–H groups in total. The van der Waals surface area contributed by atoms with Crippen LogP contribution >= 0.6 is 0 Å². The van der Waals surface area contributed by atoms with Crippen LogP contribution < -0.4 is 13.7 Å². The molecule has 0 fully saturated rings. The van der Waals surface area contributed by atoms with E-state index in [1.165, 1.54) is 4.31 Å². The van der Waals surface area contributed by atoms with Crippen LogP contribution in [0.2, 0.25) is 0 Å². The molecule has 0 saturated heterocycles. The molecule has 1 aromatic heterocycles. The molecular weight excluding hydrogens is 596 g/mol. The fraction of sp³-hybridized carbons (Fsp3) is 0.424. The summed E-state index contributed by atoms with van der Waals surface area (Å²) < 4.78 is 52.8. The number of esters is 1. The van der Waals surface area contributed by atoms with Crippen LogP contribution in [0.3, 0.4) is 0 Å². The Balaban J connectivity index is 1.50. The quantitative estimate of drug-likeness (QED) is 0.264. The molecule has 0 saturated carbocycles. The van der Waals surface area contributed by atoms with Gasteiger partial charge in [-0.05, 0) is 93.1 Å². The third-order valence-corrected chi connectivity index (χ3v) is 10.1. The van der Waals surface area contributed by atoms with Crippen molar-refractivity contribution in [2.24, 2.45) is 0 Å². The lowest BCUT2D eigenvalue weighted by atomic mass is 9.84. The van der Waals surface area contributed by atoms with Gasteiger partial charge in [0.2, 0.25) is 0 Å². The molecule has 11 nitrogen and oxygen atoms in total. The van der Waals surface area contributed by atoms with Crippen molar-refractivity contribution >= 4 is 27.3 Å². The molecule has 0 aliphatic carbocycles. The topological polar surface area (TPSA) is 122 Å². The van der Waals surface area contributed by atoms with Crippen molar-refractivity contribution in [2.75, 3.05) is 20.3 Å². The lowest BCUT2D eigenvalue weighted by molar-refractivity contribution is -0.143. The molecular formula is C33H38N4O7S. The Morgan fingerprint density at radius 3 is 2.71 bits per heavy atom. The van der Waals surface area contributed by atoms with Gasteiger partial charge in [0.05, 0.1) is 38.3 Å². The molecule has 3 aliphatic heterocycles. The maximum atomic E-state index is 13.4. The average molecular weight is 635 g/mol. The second-order valence-corrected chi connectivity index (χ2v) is 13.0. The summed E-state index contributed by atoms with van der Waals surface area (Å²) in [5.74, 6) is 0.748. The average Bonchev–Trinajstić information content (AvgIpc) is 3.44. The van der Waals surface area contributed by atoms with Crippen LogP contribution in [0.15, 0.2) is 48.5 Å². The summed E-state index contributed by atoms with van der Waals surface area (Å²) in [5, 5.41) is 8.98. The van der Waals surface area contributed by atoms with Crippen molar-refractivity contribution in [3.05, 3.63) is 76.3 Å². The predicted molar refractivity (Wildman–Crippen MR) is 168 cm³/mol. The van der Waals surface area contributed by atoms with Gasteiger partial charge in [0, 0.05) is 30.1 Å². The van der Waals surface area contributed by atoms with E-state index < -0.39 is 16.3 Å². The van der Waals surface area contributed by atoms with Crippen molar-refractivity contribution in [1.82, 2.24) is 19.3 Å². The number of aromatic nitrogens is 3. The van der Waals surface area contributed by atoms with Gasteiger partial charge >= 0.3 is 16.3 Å². The number of carbonyl (C=O) groups is 1. The van der Waals surface area contributed by atoms with Gasteiger partial charge in [-0.2, -0.15) is 12.7 Å². The number of fused-ring (bicyclic) bond motifs is 6. The van der Waals surface area contributed by atoms with Crippen LogP contribution in [0.4, 0.5) is 0 Å². The summed E-state index contributed by atoms with van der Waals surface area (Å²) in [6, 6.07) is 14.2. The zero-order valence-corrected chi connectivity index (χ0v) is 26.8. The molecule has 0 spiro atoms. The first kappa shape index (κ1) is 30.8. The van der Waals surface area contributed by atoms with Gasteiger partial charge in [-0.1, -0.05) is 17.3 Å². The monoisotopic (exact) mass is 634 g/mol. The summed E-state index contributed by atoms with van der Waals surface area (Å²) in [6.07, 6.45) is 2.79. The maximum absolute atomic E-state index is 13.4. The summed E-state index contributed by atoms with van der Waals surface area (Å²) in [7, 11) is -2.58. The predicted octanol–water partition coefficient (Wildman–Crippen LogP) is 5.60. The lowest BCUT2D eigenvalue weighted by Crippen LogP contribution is -2.39. The van der Waals surface area contributed by atoms with Gasteiger partial charge in [0.15, 0.2) is 0 Å². The summed E-state index contributed by atoms with van der Waals surface area (Å²) in [5.41, 5.74) is 5.73. The number of methoxy groups -OCH3 is 1. The molecule has 238 valence electrons. The number of nitrogens with zero attached hydrogens (tertiary/aromatic N) is 4. The van der Waals surface area contributed by atoms with E-state index in [4.69, 9.17) is 18.4 Å². The molecule has 3 aliphatic rings. The van der Waals surface area contributed by atoms with E-state index in [9.17, 15) is 13.2 Å². The minimum Gasteiger partial charge on any atom is -0.496 e. The van der Waals surface area contributed by atoms with E-state index in [0.717, 1.165) is 53.5 Å². The normalized spacial score (nSPS) is 21.1. The Labute approximate surface area is 263 Å². The van der Waals surface area contributed by atoms with E-state index in [2.05, 4.69) is 10.3 Å². The Morgan fingerprint density at radius 2 is 1.91 bits per heavy atom. The smallest absolute Gasteiger partial charge is 0.386 e. The van der Waals surface area contributed by atoms with E-state index in [-0.39, 0.29) is 37.2 Å². The zero-order chi connectivity index (χ0) is 31.7. The van der Waals surface area contributed by atoms with E-state index in [1.54, 1.807) is 33.1 Å². The first-order valence-corrected chi connectivity index (χ1v) is 16.7. The highest BCUT2D eigenvalue weighted by Crippen LogP contribution is 2.41. The molecule has 12 heteroatoms. The van der Waals surface area contributed by atoms with Crippen molar-refractivity contribution in [2.45, 2.75) is 71.5 Å². The number of ether oxygens (including phenoxy) is 3. The lowest BCUT2D eigenvalue weighted by Gasteiger charge is -2.33. The standard InChI is InChI=1S/C33H38N4O7S/c1-5-42-32(38)19-28-23-9-13-31(41-4)27(18-23)22(3)37-20-24-17-25(10-14-30(24)44-45(37,39)40)43-16-8-6-7-15-36-29-12-11-26(28)21(2)33(29)34-35-36/h9-14,17-18,22,28H,5-8,15-16,19-20H2,1-4H3. The molecule has 7 rings (SSSR count). The number of hydrogen-bond acceptors (Lipinski definition) is 9. The highest BCUT2D eigenvalue weighted by molar-refractivity contribution is 7.84. The van der Waals surface area contributed by atoms with Crippen LogP contribution in [-0.2, 0) is 32.9 Å². The van der Waals surface area contributed by atoms with Crippen LogP contribution in [-0.4, -0.2) is 54.0 Å². The molecule has 3 unspecified atom stereocenters. The first-order chi connectivity index (χ1) is 21.7. The van der Waals surface area contributed by atoms with Crippen LogP contribution in [0, 0.1) is 6.92 Å². The van der Waals surface area contributed by atoms with Crippen molar-refractivity contribution in [3.63, 3.8) is 0 Å². The van der Waals surface area contributed by atoms with Gasteiger partial charge in [0.1, 0.15) is 22.8 Å². The SMILES string of the molecule is CCOC(=O)CC1c2ccc(OC)c(c2)C(C)N2Cc3cc(ccc3OS2(=O)=O)OCCCCCn2nnc3c(C)c1ccc32. The fourth-order valence-corrected chi connectivity index (χ4v) is 7.57. The van der Waals surface area contributed by atoms with Gasteiger partial charge in [0.25, 0.3) is 0 Å². The third-order valence-electron chi connectivity index (χ3n) is 8.70. The molecule has 4 aromatic rings. The molecule has 9 bridgehead atoms. The Bertz CT molecular complexity index is 1840. The number of hydrogen-bond donors (Lipinski definition) is 0. The van der Waals surface area contributed by atoms with E-state index in [1.807, 2.05) is 48.0 Å². The van der Waals surface area contributed by atoms with Gasteiger partial charge in [-0.15, -0.1) is 5.10 Å². The van der Waals surface area contributed by atoms with Crippen molar-refractivity contribution in [1.29, 1.82) is 0 Å². The molecule has 3 aromatic carbocycles. The molecule has 4 heterocycles. The number of rotatable bonds is 4. The van der Waals surface area contributed by atoms with Crippen LogP contribution in [0.5, 0.6) is 17.2 Å². The molecule has 0 radical (unpaired) electrons. The summed E-state index contributed by atoms with van der Waals surface area (Å²) >= 11 is 0. The second-order valence-electron chi connectivity index (χ2n) is 11.5. The Hall–Kier alpha value is -4.16. The molecule has 45 heavy (non-hydrogen) atoms. The zero-order valence-electron chi connectivity index (χ0n) is 26.0. The summed E-state index contributed by atoms with van der Waals surface area (Å²) in [6.45, 7) is 7.21. The third kappa shape index (κ3) is 6.08. The Morgan fingerprint density at radius 1 is 1.07 bits per heavy atom. The molecule has 3 atom stereocenters. The Kier molecular flexibility index (Phi) is 8.69. The van der Waals surface area contributed by atoms with Gasteiger partial charge in [-0.25, -0.2) is 4.68 Å². The number of aryl methyl sites for hydroxylation is 2. The van der Waals surface area contributed by atoms with E-state index >= 15 is 0 Å². The van der Waals surface area contributed by atoms with Gasteiger partial charge < -0.3 is 18.4 Å². The van der Waals surface area contributed by atoms with Crippen molar-refractivity contribution < 1.29 is 31.6 Å². The second kappa shape index (κ2) is 12.7. The number of benzene rings is 3. The van der Waals surface area contributed by atoms with Crippen LogP contribution in [0.1, 0.15) is 79.3 Å². The minimum absolute atomic E-state index is 0.0930. The summed E-state index contributed by atoms with van der Waals surface area (Å²) in [4.78, 5) is 13.0. The van der Waals surface area contributed by atoms with Gasteiger partial charge in [-0.3, -0.25) is 4.79 Å². The first-order valence-electron chi connectivity index (χ1n) is 15.3. The highest BCUT2D eigenvalue weighted by Gasteiger charge is 2.37. The molecule has 0 amide bonds. The fourth-order valence-electron chi connectivity index (χ4n) is 6.29. The van der Waals surface area contributed by atoms with Crippen LogP contribution in [0.25, 0.3) is 11.0 Å².